The number of para-hydroxylation sites is 1. The zero-order valence-corrected chi connectivity index (χ0v) is 21.2. The highest BCUT2D eigenvalue weighted by Crippen LogP contribution is 2.30. The molecular formula is C28H26N6O4. The summed E-state index contributed by atoms with van der Waals surface area (Å²) in [6.45, 7) is 3.98. The number of hydrogen-bond donors (Lipinski definition) is 1. The van der Waals surface area contributed by atoms with Crippen molar-refractivity contribution in [2.24, 2.45) is 0 Å². The lowest BCUT2D eigenvalue weighted by Crippen LogP contribution is -2.36. The first-order valence-electron chi connectivity index (χ1n) is 12.1. The van der Waals surface area contributed by atoms with E-state index in [9.17, 15) is 9.59 Å². The fraction of sp³-hybridized carbons (Fsp3) is 0.179. The Labute approximate surface area is 218 Å². The number of methoxy groups -OCH3 is 1. The van der Waals surface area contributed by atoms with E-state index < -0.39 is 11.5 Å². The second-order valence-corrected chi connectivity index (χ2v) is 8.56. The smallest absolute Gasteiger partial charge is 0.284 e. The largest absolute Gasteiger partial charge is 0.497 e. The molecule has 3 aromatic heterocycles. The summed E-state index contributed by atoms with van der Waals surface area (Å²) in [5, 5.41) is 3.80. The van der Waals surface area contributed by atoms with E-state index in [1.165, 1.54) is 22.0 Å². The number of fused-ring (bicyclic) bond motifs is 1. The number of aromatic nitrogens is 5. The standard InChI is InChI=1S/C28H26N6O4/c1-4-14-33(26(35)25-18(2)32-34(27(25)36)19-8-6-5-7-9-19)28-30-16-21(17-31-28)38-24-12-13-29-23-15-20(37-3)10-11-22(23)24/h5-13,15-17,32H,4,14H2,1-3H3. The highest BCUT2D eigenvalue weighted by atomic mass is 16.5. The molecule has 0 aliphatic rings. The van der Waals surface area contributed by atoms with E-state index in [1.54, 1.807) is 38.4 Å². The topological polar surface area (TPSA) is 115 Å². The van der Waals surface area contributed by atoms with Gasteiger partial charge in [0.2, 0.25) is 5.95 Å². The Kier molecular flexibility index (Phi) is 6.86. The number of H-pyrrole nitrogens is 1. The van der Waals surface area contributed by atoms with Gasteiger partial charge in [-0.15, -0.1) is 0 Å². The molecule has 0 fully saturated rings. The van der Waals surface area contributed by atoms with Crippen LogP contribution in [0.5, 0.6) is 17.2 Å². The maximum atomic E-state index is 13.6. The van der Waals surface area contributed by atoms with Crippen molar-refractivity contribution in [3.8, 4) is 22.9 Å². The number of nitrogens with one attached hydrogen (secondary N) is 1. The van der Waals surface area contributed by atoms with Crippen molar-refractivity contribution in [2.75, 3.05) is 18.6 Å². The molecule has 0 spiro atoms. The van der Waals surface area contributed by atoms with E-state index in [0.717, 1.165) is 10.9 Å². The molecule has 192 valence electrons. The maximum absolute atomic E-state index is 13.6. The number of aryl methyl sites for hydroxylation is 1. The zero-order chi connectivity index (χ0) is 26.6. The summed E-state index contributed by atoms with van der Waals surface area (Å²) in [4.78, 5) is 41.3. The van der Waals surface area contributed by atoms with Crippen LogP contribution < -0.4 is 19.9 Å². The van der Waals surface area contributed by atoms with Crippen LogP contribution in [0.3, 0.4) is 0 Å². The van der Waals surface area contributed by atoms with E-state index >= 15 is 0 Å². The quantitative estimate of drug-likeness (QED) is 0.323. The van der Waals surface area contributed by atoms with Gasteiger partial charge in [0.1, 0.15) is 17.1 Å². The summed E-state index contributed by atoms with van der Waals surface area (Å²) in [5.41, 5.74) is 1.45. The summed E-state index contributed by atoms with van der Waals surface area (Å²) >= 11 is 0. The number of nitrogens with zero attached hydrogens (tertiary/aromatic N) is 5. The molecule has 0 unspecified atom stereocenters. The molecule has 2 aromatic carbocycles. The Bertz CT molecular complexity index is 1640. The van der Waals surface area contributed by atoms with E-state index in [-0.39, 0.29) is 11.5 Å². The molecule has 3 heterocycles. The molecule has 0 radical (unpaired) electrons. The lowest BCUT2D eigenvalue weighted by Gasteiger charge is -2.19. The molecule has 0 saturated carbocycles. The van der Waals surface area contributed by atoms with Gasteiger partial charge < -0.3 is 9.47 Å². The second kappa shape index (κ2) is 10.6. The van der Waals surface area contributed by atoms with Crippen molar-refractivity contribution in [1.29, 1.82) is 0 Å². The number of carbonyl (C=O) groups excluding carboxylic acids is 1. The zero-order valence-electron chi connectivity index (χ0n) is 21.2. The first-order chi connectivity index (χ1) is 18.5. The van der Waals surface area contributed by atoms with Crippen LogP contribution >= 0.6 is 0 Å². The Morgan fingerprint density at radius 3 is 2.50 bits per heavy atom. The second-order valence-electron chi connectivity index (χ2n) is 8.56. The minimum atomic E-state index is -0.469. The number of amides is 1. The van der Waals surface area contributed by atoms with Crippen LogP contribution in [0.15, 0.2) is 78.0 Å². The third-order valence-corrected chi connectivity index (χ3v) is 5.99. The van der Waals surface area contributed by atoms with Crippen molar-refractivity contribution in [3.63, 3.8) is 0 Å². The first-order valence-corrected chi connectivity index (χ1v) is 12.1. The Hall–Kier alpha value is -4.99. The number of carbonyl (C=O) groups is 1. The van der Waals surface area contributed by atoms with E-state index in [1.807, 2.05) is 43.3 Å². The molecule has 0 aliphatic carbocycles. The van der Waals surface area contributed by atoms with E-state index in [4.69, 9.17) is 9.47 Å². The van der Waals surface area contributed by atoms with Gasteiger partial charge in [-0.25, -0.2) is 14.6 Å². The van der Waals surface area contributed by atoms with Crippen LogP contribution in [0, 0.1) is 6.92 Å². The minimum Gasteiger partial charge on any atom is -0.497 e. The molecule has 38 heavy (non-hydrogen) atoms. The molecule has 0 aliphatic heterocycles. The summed E-state index contributed by atoms with van der Waals surface area (Å²) in [5.74, 6) is 1.39. The van der Waals surface area contributed by atoms with Gasteiger partial charge in [0.15, 0.2) is 5.75 Å². The molecule has 0 atom stereocenters. The molecule has 5 aromatic rings. The first kappa shape index (κ1) is 24.7. The Morgan fingerprint density at radius 2 is 1.79 bits per heavy atom. The molecule has 0 saturated heterocycles. The fourth-order valence-electron chi connectivity index (χ4n) is 4.15. The predicted octanol–water partition coefficient (Wildman–Crippen LogP) is 4.67. The highest BCUT2D eigenvalue weighted by Gasteiger charge is 2.27. The average Bonchev–Trinajstić information content (AvgIpc) is 3.25. The van der Waals surface area contributed by atoms with Crippen LogP contribution in [0.4, 0.5) is 5.95 Å². The molecule has 5 rings (SSSR count). The van der Waals surface area contributed by atoms with Crippen LogP contribution in [-0.4, -0.2) is 44.3 Å². The fourth-order valence-corrected chi connectivity index (χ4v) is 4.15. The van der Waals surface area contributed by atoms with Crippen molar-refractivity contribution < 1.29 is 14.3 Å². The molecule has 1 N–H and O–H groups in total. The molecule has 10 heteroatoms. The number of pyridine rings is 1. The molecule has 10 nitrogen and oxygen atoms in total. The monoisotopic (exact) mass is 510 g/mol. The summed E-state index contributed by atoms with van der Waals surface area (Å²) < 4.78 is 12.7. The number of anilines is 1. The summed E-state index contributed by atoms with van der Waals surface area (Å²) in [6.07, 6.45) is 5.30. The lowest BCUT2D eigenvalue weighted by atomic mass is 10.2. The molecule has 1 amide bonds. The maximum Gasteiger partial charge on any atom is 0.284 e. The number of ether oxygens (including phenoxy) is 2. The molecule has 0 bridgehead atoms. The number of hydrogen-bond acceptors (Lipinski definition) is 7. The summed E-state index contributed by atoms with van der Waals surface area (Å²) in [7, 11) is 1.60. The van der Waals surface area contributed by atoms with Gasteiger partial charge in [-0.1, -0.05) is 25.1 Å². The number of aromatic amines is 1. The lowest BCUT2D eigenvalue weighted by molar-refractivity contribution is 0.0983. The van der Waals surface area contributed by atoms with Gasteiger partial charge in [-0.2, -0.15) is 0 Å². The highest BCUT2D eigenvalue weighted by molar-refractivity contribution is 6.05. The van der Waals surface area contributed by atoms with Crippen LogP contribution in [0.1, 0.15) is 29.4 Å². The van der Waals surface area contributed by atoms with Crippen molar-refractivity contribution in [3.05, 3.63) is 94.8 Å². The number of rotatable bonds is 8. The van der Waals surface area contributed by atoms with Crippen LogP contribution in [-0.2, 0) is 0 Å². The van der Waals surface area contributed by atoms with E-state index in [2.05, 4.69) is 20.1 Å². The van der Waals surface area contributed by atoms with Gasteiger partial charge in [0.25, 0.3) is 11.5 Å². The van der Waals surface area contributed by atoms with Gasteiger partial charge in [-0.3, -0.25) is 24.6 Å². The normalized spacial score (nSPS) is 10.9. The van der Waals surface area contributed by atoms with Gasteiger partial charge in [-0.05, 0) is 43.7 Å². The average molecular weight is 511 g/mol. The van der Waals surface area contributed by atoms with Crippen molar-refractivity contribution in [2.45, 2.75) is 20.3 Å². The SMILES string of the molecule is CCCN(C(=O)c1c(C)[nH]n(-c2ccccc2)c1=O)c1ncc(Oc2ccnc3cc(OC)ccc23)cn1. The predicted molar refractivity (Wildman–Crippen MR) is 143 cm³/mol. The van der Waals surface area contributed by atoms with Gasteiger partial charge >= 0.3 is 0 Å². The van der Waals surface area contributed by atoms with Gasteiger partial charge in [0.05, 0.1) is 30.7 Å². The van der Waals surface area contributed by atoms with Crippen molar-refractivity contribution in [1.82, 2.24) is 24.7 Å². The summed E-state index contributed by atoms with van der Waals surface area (Å²) in [6, 6.07) is 16.4. The third-order valence-electron chi connectivity index (χ3n) is 5.99. The third kappa shape index (κ3) is 4.71. The Morgan fingerprint density at radius 1 is 1.03 bits per heavy atom. The van der Waals surface area contributed by atoms with Crippen LogP contribution in [0.25, 0.3) is 16.6 Å². The van der Waals surface area contributed by atoms with Gasteiger partial charge in [0, 0.05) is 29.9 Å². The molecular weight excluding hydrogens is 484 g/mol. The van der Waals surface area contributed by atoms with Crippen LogP contribution in [0.2, 0.25) is 0 Å². The Balaban J connectivity index is 1.42. The minimum absolute atomic E-state index is 0.0462. The number of benzene rings is 2. The van der Waals surface area contributed by atoms with Crippen molar-refractivity contribution >= 4 is 22.8 Å². The van der Waals surface area contributed by atoms with E-state index in [0.29, 0.717) is 41.6 Å².